The highest BCUT2D eigenvalue weighted by molar-refractivity contribution is 5.78. The van der Waals surface area contributed by atoms with Gasteiger partial charge in [-0.1, -0.05) is 6.92 Å². The molecule has 0 atom stereocenters. The van der Waals surface area contributed by atoms with Crippen molar-refractivity contribution in [3.63, 3.8) is 0 Å². The van der Waals surface area contributed by atoms with Gasteiger partial charge in [-0.15, -0.1) is 0 Å². The van der Waals surface area contributed by atoms with E-state index in [2.05, 4.69) is 15.0 Å². The minimum absolute atomic E-state index is 0.101. The van der Waals surface area contributed by atoms with Gasteiger partial charge < -0.3 is 0 Å². The number of fused-ring (bicyclic) bond motifs is 1. The predicted molar refractivity (Wildman–Crippen MR) is 73.9 cm³/mol. The highest BCUT2D eigenvalue weighted by atomic mass is 16.1. The third kappa shape index (κ3) is 2.03. The number of nitrogens with zero attached hydrogens (tertiary/aromatic N) is 3. The first-order valence-corrected chi connectivity index (χ1v) is 6.28. The van der Waals surface area contributed by atoms with Gasteiger partial charge in [0.25, 0.3) is 0 Å². The van der Waals surface area contributed by atoms with Gasteiger partial charge in [0, 0.05) is 30.7 Å². The van der Waals surface area contributed by atoms with E-state index in [4.69, 9.17) is 0 Å². The lowest BCUT2D eigenvalue weighted by atomic mass is 10.1. The molecule has 0 aromatic carbocycles. The van der Waals surface area contributed by atoms with Gasteiger partial charge in [0.1, 0.15) is 0 Å². The fourth-order valence-electron chi connectivity index (χ4n) is 2.18. The first-order chi connectivity index (χ1) is 9.29. The summed E-state index contributed by atoms with van der Waals surface area (Å²) >= 11 is 0. The second kappa shape index (κ2) is 4.68. The molecule has 0 amide bonds. The lowest BCUT2D eigenvalue weighted by Crippen LogP contribution is -2.16. The maximum absolute atomic E-state index is 11.8. The molecular formula is C14H14N4O. The summed E-state index contributed by atoms with van der Waals surface area (Å²) in [7, 11) is 0. The van der Waals surface area contributed by atoms with Crippen LogP contribution in [0.5, 0.6) is 0 Å². The topological polar surface area (TPSA) is 63.6 Å². The Morgan fingerprint density at radius 3 is 2.79 bits per heavy atom. The zero-order chi connectivity index (χ0) is 13.2. The van der Waals surface area contributed by atoms with Crippen LogP contribution in [0, 0.1) is 0 Å². The Balaban J connectivity index is 2.19. The summed E-state index contributed by atoms with van der Waals surface area (Å²) in [5.74, 6) is 0. The molecular weight excluding hydrogens is 240 g/mol. The Labute approximate surface area is 110 Å². The predicted octanol–water partition coefficient (Wildman–Crippen LogP) is 2.20. The zero-order valence-corrected chi connectivity index (χ0v) is 10.6. The monoisotopic (exact) mass is 254 g/mol. The summed E-state index contributed by atoms with van der Waals surface area (Å²) in [6, 6.07) is 5.85. The van der Waals surface area contributed by atoms with Crippen molar-refractivity contribution in [1.29, 1.82) is 0 Å². The van der Waals surface area contributed by atoms with E-state index in [0.29, 0.717) is 12.2 Å². The molecule has 5 heteroatoms. The molecule has 3 rings (SSSR count). The molecule has 0 saturated carbocycles. The van der Waals surface area contributed by atoms with Crippen molar-refractivity contribution in [2.75, 3.05) is 0 Å². The van der Waals surface area contributed by atoms with Crippen LogP contribution in [0.2, 0.25) is 0 Å². The van der Waals surface area contributed by atoms with Gasteiger partial charge in [0.15, 0.2) is 5.65 Å². The lowest BCUT2D eigenvalue weighted by molar-refractivity contribution is 0.674. The van der Waals surface area contributed by atoms with Gasteiger partial charge in [-0.05, 0) is 30.2 Å². The summed E-state index contributed by atoms with van der Waals surface area (Å²) < 4.78 is 1.73. The number of rotatable bonds is 3. The summed E-state index contributed by atoms with van der Waals surface area (Å²) in [5.41, 5.74) is 3.41. The Morgan fingerprint density at radius 1 is 1.26 bits per heavy atom. The van der Waals surface area contributed by atoms with Crippen LogP contribution >= 0.6 is 0 Å². The van der Waals surface area contributed by atoms with Crippen molar-refractivity contribution in [1.82, 2.24) is 19.5 Å². The summed E-state index contributed by atoms with van der Waals surface area (Å²) in [6.45, 7) is 2.74. The Hall–Kier alpha value is -2.43. The molecule has 0 aliphatic carbocycles. The van der Waals surface area contributed by atoms with Crippen molar-refractivity contribution in [3.8, 4) is 11.1 Å². The van der Waals surface area contributed by atoms with Crippen LogP contribution in [0.15, 0.2) is 41.6 Å². The fourth-order valence-corrected chi connectivity index (χ4v) is 2.18. The number of aryl methyl sites for hydroxylation is 1. The average molecular weight is 254 g/mol. The highest BCUT2D eigenvalue weighted by Crippen LogP contribution is 2.20. The first kappa shape index (κ1) is 11.6. The van der Waals surface area contributed by atoms with Crippen molar-refractivity contribution in [2.24, 2.45) is 0 Å². The largest absolute Gasteiger partial charge is 0.327 e. The number of hydrogen-bond acceptors (Lipinski definition) is 3. The number of imidazole rings is 1. The fraction of sp³-hybridized carbons (Fsp3) is 0.214. The molecule has 0 unspecified atom stereocenters. The van der Waals surface area contributed by atoms with E-state index >= 15 is 0 Å². The Kier molecular flexibility index (Phi) is 2.87. The second-order valence-corrected chi connectivity index (χ2v) is 4.41. The van der Waals surface area contributed by atoms with Crippen molar-refractivity contribution in [2.45, 2.75) is 19.9 Å². The minimum Gasteiger partial charge on any atom is -0.290 e. The number of hydrogen-bond donors (Lipinski definition) is 1. The van der Waals surface area contributed by atoms with E-state index in [1.54, 1.807) is 23.2 Å². The van der Waals surface area contributed by atoms with Crippen LogP contribution in [0.4, 0.5) is 0 Å². The zero-order valence-electron chi connectivity index (χ0n) is 10.6. The van der Waals surface area contributed by atoms with E-state index in [1.165, 1.54) is 0 Å². The molecule has 1 N–H and O–H groups in total. The molecule has 0 saturated heterocycles. The van der Waals surface area contributed by atoms with Crippen LogP contribution in [0.25, 0.3) is 22.3 Å². The summed E-state index contributed by atoms with van der Waals surface area (Å²) in [4.78, 5) is 22.9. The van der Waals surface area contributed by atoms with Crippen molar-refractivity contribution in [3.05, 3.63) is 47.3 Å². The summed E-state index contributed by atoms with van der Waals surface area (Å²) in [5, 5.41) is 0. The third-order valence-electron chi connectivity index (χ3n) is 3.09. The summed E-state index contributed by atoms with van der Waals surface area (Å²) in [6.07, 6.45) is 6.17. The number of aromatic amines is 1. The van der Waals surface area contributed by atoms with Crippen molar-refractivity contribution >= 4 is 11.2 Å². The number of aromatic nitrogens is 4. The smallest absolute Gasteiger partial charge is 0.290 e. The van der Waals surface area contributed by atoms with Crippen LogP contribution in [0.1, 0.15) is 13.3 Å². The van der Waals surface area contributed by atoms with E-state index < -0.39 is 0 Å². The molecule has 3 aromatic heterocycles. The lowest BCUT2D eigenvalue weighted by Gasteiger charge is -2.03. The molecule has 96 valence electrons. The molecule has 3 aromatic rings. The maximum atomic E-state index is 11.8. The standard InChI is InChI=1S/C14H14N4O/c1-2-7-18-12-8-11(10-3-5-15-6-4-10)9-16-13(12)17-14(18)19/h3-6,8-9H,2,7H2,1H3,(H,16,17,19). The highest BCUT2D eigenvalue weighted by Gasteiger charge is 2.08. The molecule has 0 fully saturated rings. The number of H-pyrrole nitrogens is 1. The molecule has 0 spiro atoms. The normalized spacial score (nSPS) is 11.0. The van der Waals surface area contributed by atoms with Gasteiger partial charge in [0.2, 0.25) is 0 Å². The average Bonchev–Trinajstić information content (AvgIpc) is 2.76. The van der Waals surface area contributed by atoms with Crippen LogP contribution in [0.3, 0.4) is 0 Å². The van der Waals surface area contributed by atoms with Crippen LogP contribution in [-0.2, 0) is 6.54 Å². The quantitative estimate of drug-likeness (QED) is 0.779. The van der Waals surface area contributed by atoms with Crippen molar-refractivity contribution < 1.29 is 0 Å². The minimum atomic E-state index is -0.101. The van der Waals surface area contributed by atoms with Gasteiger partial charge in [-0.25, -0.2) is 9.78 Å². The van der Waals surface area contributed by atoms with Crippen LogP contribution in [-0.4, -0.2) is 19.5 Å². The van der Waals surface area contributed by atoms with Gasteiger partial charge in [0.05, 0.1) is 5.52 Å². The maximum Gasteiger partial charge on any atom is 0.327 e. The van der Waals surface area contributed by atoms with Gasteiger partial charge >= 0.3 is 5.69 Å². The molecule has 5 nitrogen and oxygen atoms in total. The molecule has 3 heterocycles. The van der Waals surface area contributed by atoms with Crippen LogP contribution < -0.4 is 5.69 Å². The number of pyridine rings is 2. The molecule has 0 aliphatic rings. The molecule has 19 heavy (non-hydrogen) atoms. The molecule has 0 bridgehead atoms. The first-order valence-electron chi connectivity index (χ1n) is 6.28. The Morgan fingerprint density at radius 2 is 2.05 bits per heavy atom. The Bertz CT molecular complexity index is 758. The SMILES string of the molecule is CCCn1c(=O)[nH]c2ncc(-c3ccncc3)cc21. The van der Waals surface area contributed by atoms with E-state index in [0.717, 1.165) is 23.1 Å². The van der Waals surface area contributed by atoms with E-state index in [9.17, 15) is 4.79 Å². The van der Waals surface area contributed by atoms with Gasteiger partial charge in [-0.3, -0.25) is 14.5 Å². The second-order valence-electron chi connectivity index (χ2n) is 4.41. The van der Waals surface area contributed by atoms with Gasteiger partial charge in [-0.2, -0.15) is 0 Å². The number of nitrogens with one attached hydrogen (secondary N) is 1. The van der Waals surface area contributed by atoms with E-state index in [-0.39, 0.29) is 5.69 Å². The molecule has 0 aliphatic heterocycles. The molecule has 0 radical (unpaired) electrons. The third-order valence-corrected chi connectivity index (χ3v) is 3.09. The van der Waals surface area contributed by atoms with E-state index in [1.807, 2.05) is 25.1 Å².